The van der Waals surface area contributed by atoms with Gasteiger partial charge in [-0.15, -0.1) is 0 Å². The van der Waals surface area contributed by atoms with E-state index in [2.05, 4.69) is 12.2 Å². The van der Waals surface area contributed by atoms with Gasteiger partial charge < -0.3 is 11.1 Å². The number of hydrogen-bond donors (Lipinski definition) is 2. The second-order valence-corrected chi connectivity index (χ2v) is 4.79. The molecule has 0 radical (unpaired) electrons. The number of amides is 1. The summed E-state index contributed by atoms with van der Waals surface area (Å²) < 4.78 is 0. The maximum Gasteiger partial charge on any atom is 0.230 e. The van der Waals surface area contributed by atoms with Crippen molar-refractivity contribution >= 4 is 17.7 Å². The monoisotopic (exact) mass is 204 g/mol. The Morgan fingerprint density at radius 3 is 2.62 bits per heavy atom. The van der Waals surface area contributed by atoms with Crippen LogP contribution in [0, 0.1) is 0 Å². The maximum absolute atomic E-state index is 11.3. The molecule has 0 saturated heterocycles. The van der Waals surface area contributed by atoms with Crippen molar-refractivity contribution in [1.29, 1.82) is 0 Å². The Balaban J connectivity index is 3.62. The van der Waals surface area contributed by atoms with Gasteiger partial charge in [-0.3, -0.25) is 4.79 Å². The van der Waals surface area contributed by atoms with Gasteiger partial charge in [-0.2, -0.15) is 11.8 Å². The standard InChI is InChI=1S/C9H20N2OS/c1-4-5-13-6-8(12)11-9(2,3)7-10/h4-7,10H2,1-3H3,(H,11,12). The lowest BCUT2D eigenvalue weighted by Crippen LogP contribution is -2.49. The average Bonchev–Trinajstić information content (AvgIpc) is 2.04. The number of rotatable bonds is 6. The zero-order valence-electron chi connectivity index (χ0n) is 8.72. The van der Waals surface area contributed by atoms with Crippen LogP contribution in [0.25, 0.3) is 0 Å². The van der Waals surface area contributed by atoms with Crippen LogP contribution in [-0.2, 0) is 4.79 Å². The van der Waals surface area contributed by atoms with Gasteiger partial charge in [0.25, 0.3) is 0 Å². The first kappa shape index (κ1) is 12.8. The molecule has 4 heteroatoms. The van der Waals surface area contributed by atoms with Crippen molar-refractivity contribution in [2.24, 2.45) is 5.73 Å². The summed E-state index contributed by atoms with van der Waals surface area (Å²) in [7, 11) is 0. The lowest BCUT2D eigenvalue weighted by atomic mass is 10.1. The Bertz CT molecular complexity index is 160. The minimum atomic E-state index is -0.274. The molecule has 78 valence electrons. The molecule has 0 atom stereocenters. The van der Waals surface area contributed by atoms with E-state index in [0.717, 1.165) is 12.2 Å². The molecule has 0 fully saturated rings. The number of carbonyl (C=O) groups excluding carboxylic acids is 1. The molecular formula is C9H20N2OS. The van der Waals surface area contributed by atoms with Crippen molar-refractivity contribution in [3.05, 3.63) is 0 Å². The molecule has 0 unspecified atom stereocenters. The van der Waals surface area contributed by atoms with Gasteiger partial charge in [-0.1, -0.05) is 6.92 Å². The summed E-state index contributed by atoms with van der Waals surface area (Å²) in [5.74, 6) is 1.65. The summed E-state index contributed by atoms with van der Waals surface area (Å²) >= 11 is 1.66. The first-order valence-electron chi connectivity index (χ1n) is 4.60. The molecule has 0 aliphatic carbocycles. The van der Waals surface area contributed by atoms with Crippen LogP contribution in [0.15, 0.2) is 0 Å². The largest absolute Gasteiger partial charge is 0.349 e. The first-order chi connectivity index (χ1) is 6.02. The van der Waals surface area contributed by atoms with Gasteiger partial charge in [0.05, 0.1) is 5.75 Å². The van der Waals surface area contributed by atoms with Crippen LogP contribution < -0.4 is 11.1 Å². The second kappa shape index (κ2) is 6.27. The SMILES string of the molecule is CCCSCC(=O)NC(C)(C)CN. The van der Waals surface area contributed by atoms with Gasteiger partial charge in [-0.25, -0.2) is 0 Å². The highest BCUT2D eigenvalue weighted by Crippen LogP contribution is 2.03. The number of hydrogen-bond acceptors (Lipinski definition) is 3. The van der Waals surface area contributed by atoms with Crippen molar-refractivity contribution in [3.8, 4) is 0 Å². The smallest absolute Gasteiger partial charge is 0.230 e. The summed E-state index contributed by atoms with van der Waals surface area (Å²) in [6, 6.07) is 0. The molecule has 0 saturated carbocycles. The molecule has 0 heterocycles. The molecule has 3 N–H and O–H groups in total. The molecule has 0 aromatic carbocycles. The Morgan fingerprint density at radius 1 is 1.54 bits per heavy atom. The third-order valence-electron chi connectivity index (χ3n) is 1.57. The maximum atomic E-state index is 11.3. The van der Waals surface area contributed by atoms with Crippen LogP contribution in [0.1, 0.15) is 27.2 Å². The molecule has 3 nitrogen and oxygen atoms in total. The van der Waals surface area contributed by atoms with Crippen LogP contribution in [0.4, 0.5) is 0 Å². The third kappa shape index (κ3) is 6.90. The van der Waals surface area contributed by atoms with E-state index in [1.807, 2.05) is 13.8 Å². The molecule has 0 aromatic heterocycles. The van der Waals surface area contributed by atoms with E-state index < -0.39 is 0 Å². The number of nitrogens with one attached hydrogen (secondary N) is 1. The molecule has 0 spiro atoms. The predicted octanol–water partition coefficient (Wildman–Crippen LogP) is 0.983. The molecule has 13 heavy (non-hydrogen) atoms. The van der Waals surface area contributed by atoms with Crippen molar-refractivity contribution in [1.82, 2.24) is 5.32 Å². The number of carbonyl (C=O) groups is 1. The Morgan fingerprint density at radius 2 is 2.15 bits per heavy atom. The minimum absolute atomic E-state index is 0.0777. The molecule has 1 amide bonds. The second-order valence-electron chi connectivity index (χ2n) is 3.69. The molecule has 0 rings (SSSR count). The van der Waals surface area contributed by atoms with Crippen molar-refractivity contribution in [2.45, 2.75) is 32.7 Å². The summed E-state index contributed by atoms with van der Waals surface area (Å²) in [5, 5.41) is 2.88. The normalized spacial score (nSPS) is 11.4. The van der Waals surface area contributed by atoms with Crippen molar-refractivity contribution < 1.29 is 4.79 Å². The van der Waals surface area contributed by atoms with Crippen molar-refractivity contribution in [2.75, 3.05) is 18.1 Å². The van der Waals surface area contributed by atoms with Crippen LogP contribution in [0.5, 0.6) is 0 Å². The summed E-state index contributed by atoms with van der Waals surface area (Å²) in [4.78, 5) is 11.3. The van der Waals surface area contributed by atoms with Crippen molar-refractivity contribution in [3.63, 3.8) is 0 Å². The van der Waals surface area contributed by atoms with E-state index in [0.29, 0.717) is 12.3 Å². The summed E-state index contributed by atoms with van der Waals surface area (Å²) in [6.45, 7) is 6.43. The molecule has 0 aliphatic rings. The van der Waals surface area contributed by atoms with E-state index in [4.69, 9.17) is 5.73 Å². The van der Waals surface area contributed by atoms with Gasteiger partial charge in [-0.05, 0) is 26.0 Å². The highest BCUT2D eigenvalue weighted by molar-refractivity contribution is 7.99. The summed E-state index contributed by atoms with van der Waals surface area (Å²) in [6.07, 6.45) is 1.11. The first-order valence-corrected chi connectivity index (χ1v) is 5.76. The Kier molecular flexibility index (Phi) is 6.16. The van der Waals surface area contributed by atoms with Gasteiger partial charge >= 0.3 is 0 Å². The van der Waals surface area contributed by atoms with E-state index in [1.165, 1.54) is 0 Å². The third-order valence-corrected chi connectivity index (χ3v) is 2.73. The quantitative estimate of drug-likeness (QED) is 0.634. The van der Waals surface area contributed by atoms with E-state index in [1.54, 1.807) is 11.8 Å². The molecule has 0 bridgehead atoms. The zero-order valence-corrected chi connectivity index (χ0v) is 9.54. The van der Waals surface area contributed by atoms with Gasteiger partial charge in [0.15, 0.2) is 0 Å². The topological polar surface area (TPSA) is 55.1 Å². The van der Waals surface area contributed by atoms with Crippen LogP contribution >= 0.6 is 11.8 Å². The van der Waals surface area contributed by atoms with Crippen LogP contribution in [0.3, 0.4) is 0 Å². The van der Waals surface area contributed by atoms with E-state index in [9.17, 15) is 4.79 Å². The fraction of sp³-hybridized carbons (Fsp3) is 0.889. The number of thioether (sulfide) groups is 1. The average molecular weight is 204 g/mol. The number of nitrogens with two attached hydrogens (primary N) is 1. The predicted molar refractivity (Wildman–Crippen MR) is 58.9 cm³/mol. The minimum Gasteiger partial charge on any atom is -0.349 e. The van der Waals surface area contributed by atoms with Crippen LogP contribution in [-0.4, -0.2) is 29.5 Å². The highest BCUT2D eigenvalue weighted by atomic mass is 32.2. The molecule has 0 aromatic rings. The van der Waals surface area contributed by atoms with E-state index >= 15 is 0 Å². The van der Waals surface area contributed by atoms with Gasteiger partial charge in [0, 0.05) is 12.1 Å². The Hall–Kier alpha value is -0.220. The molecular weight excluding hydrogens is 184 g/mol. The van der Waals surface area contributed by atoms with Gasteiger partial charge in [0.1, 0.15) is 0 Å². The lowest BCUT2D eigenvalue weighted by molar-refractivity contribution is -0.120. The fourth-order valence-corrected chi connectivity index (χ4v) is 1.46. The lowest BCUT2D eigenvalue weighted by Gasteiger charge is -2.23. The van der Waals surface area contributed by atoms with E-state index in [-0.39, 0.29) is 11.4 Å². The zero-order chi connectivity index (χ0) is 10.3. The molecule has 0 aliphatic heterocycles. The highest BCUT2D eigenvalue weighted by Gasteiger charge is 2.17. The van der Waals surface area contributed by atoms with Gasteiger partial charge in [0.2, 0.25) is 5.91 Å². The fourth-order valence-electron chi connectivity index (χ4n) is 0.774. The Labute approximate surface area is 84.8 Å². The summed E-state index contributed by atoms with van der Waals surface area (Å²) in [5.41, 5.74) is 5.21. The van der Waals surface area contributed by atoms with Crippen LogP contribution in [0.2, 0.25) is 0 Å².